The van der Waals surface area contributed by atoms with Crippen molar-refractivity contribution in [3.05, 3.63) is 35.4 Å². The molecule has 110 valence electrons. The Balaban J connectivity index is 2.94. The molecule has 20 heavy (non-hydrogen) atoms. The number of anilines is 1. The number of carbonyl (C=O) groups is 1. The number of carboxylic acid groups (broad SMARTS) is 1. The summed E-state index contributed by atoms with van der Waals surface area (Å²) in [6.45, 7) is 3.72. The van der Waals surface area contributed by atoms with Gasteiger partial charge >= 0.3 is 5.97 Å². The van der Waals surface area contributed by atoms with Gasteiger partial charge in [0.1, 0.15) is 0 Å². The number of unbranched alkanes of at least 4 members (excludes halogenated alkanes) is 1. The predicted molar refractivity (Wildman–Crippen MR) is 80.2 cm³/mol. The van der Waals surface area contributed by atoms with Gasteiger partial charge in [-0.25, -0.2) is 13.2 Å². The van der Waals surface area contributed by atoms with Crippen molar-refractivity contribution in [1.82, 2.24) is 0 Å². The van der Waals surface area contributed by atoms with E-state index >= 15 is 0 Å². The Morgan fingerprint density at radius 2 is 2.10 bits per heavy atom. The highest BCUT2D eigenvalue weighted by Crippen LogP contribution is 2.19. The van der Waals surface area contributed by atoms with Crippen LogP contribution < -0.4 is 4.72 Å². The second-order valence-corrected chi connectivity index (χ2v) is 6.36. The second-order valence-electron chi connectivity index (χ2n) is 4.52. The molecule has 1 aromatic carbocycles. The topological polar surface area (TPSA) is 83.5 Å². The quantitative estimate of drug-likeness (QED) is 0.758. The molecule has 6 heteroatoms. The molecule has 5 nitrogen and oxygen atoms in total. The van der Waals surface area contributed by atoms with Crippen molar-refractivity contribution in [2.24, 2.45) is 0 Å². The van der Waals surface area contributed by atoms with Gasteiger partial charge in [0.2, 0.25) is 10.0 Å². The first kappa shape index (κ1) is 16.2. The molecule has 2 N–H and O–H groups in total. The number of hydrogen-bond donors (Lipinski definition) is 2. The molecule has 0 heterocycles. The van der Waals surface area contributed by atoms with Crippen molar-refractivity contribution in [2.45, 2.75) is 26.7 Å². The minimum Gasteiger partial charge on any atom is -0.478 e. The van der Waals surface area contributed by atoms with Gasteiger partial charge in [0.15, 0.2) is 0 Å². The van der Waals surface area contributed by atoms with E-state index in [1.54, 1.807) is 25.1 Å². The van der Waals surface area contributed by atoms with E-state index in [0.717, 1.165) is 18.1 Å². The molecule has 0 aromatic heterocycles. The fraction of sp³-hybridized carbons (Fsp3) is 0.357. The third kappa shape index (κ3) is 5.44. The largest absolute Gasteiger partial charge is 0.478 e. The fourth-order valence-corrected chi connectivity index (χ4v) is 2.90. The predicted octanol–water partition coefficient (Wildman–Crippen LogP) is 2.63. The maximum absolute atomic E-state index is 11.9. The van der Waals surface area contributed by atoms with Crippen LogP contribution in [0.2, 0.25) is 0 Å². The van der Waals surface area contributed by atoms with Crippen LogP contribution in [-0.4, -0.2) is 25.2 Å². The Morgan fingerprint density at radius 3 is 2.70 bits per heavy atom. The molecule has 0 aliphatic carbocycles. The number of sulfonamides is 1. The highest BCUT2D eigenvalue weighted by atomic mass is 32.2. The summed E-state index contributed by atoms with van der Waals surface area (Å²) in [5, 5.41) is 8.58. The zero-order valence-electron chi connectivity index (χ0n) is 11.6. The van der Waals surface area contributed by atoms with Crippen molar-refractivity contribution in [3.8, 4) is 0 Å². The lowest BCUT2D eigenvalue weighted by molar-refractivity contribution is -0.131. The Hall–Kier alpha value is -1.82. The Labute approximate surface area is 119 Å². The van der Waals surface area contributed by atoms with Gasteiger partial charge in [-0.3, -0.25) is 4.72 Å². The molecule has 0 fully saturated rings. The maximum atomic E-state index is 11.9. The SMILES string of the molecule is CCCCS(=O)(=O)Nc1cc(C=CC(=O)O)ccc1C. The molecule has 0 bridgehead atoms. The molecule has 0 atom stereocenters. The van der Waals surface area contributed by atoms with Crippen LogP contribution in [0.1, 0.15) is 30.9 Å². The van der Waals surface area contributed by atoms with E-state index in [0.29, 0.717) is 17.7 Å². The average Bonchev–Trinajstić information content (AvgIpc) is 2.37. The number of carboxylic acids is 1. The molecule has 1 aromatic rings. The van der Waals surface area contributed by atoms with Crippen molar-refractivity contribution in [3.63, 3.8) is 0 Å². The van der Waals surface area contributed by atoms with Crippen molar-refractivity contribution in [1.29, 1.82) is 0 Å². The normalized spacial score (nSPS) is 11.7. The van der Waals surface area contributed by atoms with Gasteiger partial charge < -0.3 is 5.11 Å². The highest BCUT2D eigenvalue weighted by molar-refractivity contribution is 7.92. The lowest BCUT2D eigenvalue weighted by atomic mass is 10.1. The lowest BCUT2D eigenvalue weighted by Gasteiger charge is -2.11. The van der Waals surface area contributed by atoms with E-state index in [-0.39, 0.29) is 5.75 Å². The zero-order chi connectivity index (χ0) is 15.2. The van der Waals surface area contributed by atoms with Gasteiger partial charge in [0.25, 0.3) is 0 Å². The highest BCUT2D eigenvalue weighted by Gasteiger charge is 2.11. The van der Waals surface area contributed by atoms with Crippen LogP contribution in [0.4, 0.5) is 5.69 Å². The summed E-state index contributed by atoms with van der Waals surface area (Å²) >= 11 is 0. The first-order valence-electron chi connectivity index (χ1n) is 6.36. The van der Waals surface area contributed by atoms with Crippen LogP contribution in [0.15, 0.2) is 24.3 Å². The number of aryl methyl sites for hydroxylation is 1. The lowest BCUT2D eigenvalue weighted by Crippen LogP contribution is -2.17. The molecular formula is C14H19NO4S. The smallest absolute Gasteiger partial charge is 0.328 e. The number of hydrogen-bond acceptors (Lipinski definition) is 3. The molecule has 1 rings (SSSR count). The van der Waals surface area contributed by atoms with Gasteiger partial charge in [0.05, 0.1) is 11.4 Å². The van der Waals surface area contributed by atoms with E-state index in [1.807, 2.05) is 6.92 Å². The third-order valence-corrected chi connectivity index (χ3v) is 4.07. The van der Waals surface area contributed by atoms with Crippen molar-refractivity contribution >= 4 is 27.8 Å². The molecule has 0 saturated carbocycles. The first-order chi connectivity index (χ1) is 9.34. The molecule has 0 unspecified atom stereocenters. The minimum absolute atomic E-state index is 0.0815. The summed E-state index contributed by atoms with van der Waals surface area (Å²) in [5.74, 6) is -0.964. The molecule has 0 saturated heterocycles. The molecule has 0 spiro atoms. The van der Waals surface area contributed by atoms with Crippen molar-refractivity contribution < 1.29 is 18.3 Å². The van der Waals surface area contributed by atoms with Gasteiger partial charge in [-0.1, -0.05) is 25.5 Å². The van der Waals surface area contributed by atoms with Crippen LogP contribution >= 0.6 is 0 Å². The third-order valence-electron chi connectivity index (χ3n) is 2.71. The number of aliphatic carboxylic acids is 1. The number of nitrogens with one attached hydrogen (secondary N) is 1. The molecule has 0 radical (unpaired) electrons. The van der Waals surface area contributed by atoms with E-state index in [4.69, 9.17) is 5.11 Å². The molecule has 0 amide bonds. The second kappa shape index (κ2) is 7.09. The van der Waals surface area contributed by atoms with E-state index < -0.39 is 16.0 Å². The average molecular weight is 297 g/mol. The molecular weight excluding hydrogens is 278 g/mol. The summed E-state index contributed by atoms with van der Waals surface area (Å²) in [7, 11) is -3.36. The van der Waals surface area contributed by atoms with Crippen LogP contribution in [0.5, 0.6) is 0 Å². The van der Waals surface area contributed by atoms with Gasteiger partial charge in [-0.15, -0.1) is 0 Å². The van der Waals surface area contributed by atoms with Gasteiger partial charge in [-0.2, -0.15) is 0 Å². The van der Waals surface area contributed by atoms with Crippen LogP contribution in [-0.2, 0) is 14.8 Å². The first-order valence-corrected chi connectivity index (χ1v) is 8.01. The maximum Gasteiger partial charge on any atom is 0.328 e. The minimum atomic E-state index is -3.36. The summed E-state index contributed by atoms with van der Waals surface area (Å²) < 4.78 is 26.3. The monoisotopic (exact) mass is 297 g/mol. The van der Waals surface area contributed by atoms with E-state index in [2.05, 4.69) is 4.72 Å². The van der Waals surface area contributed by atoms with Gasteiger partial charge in [0, 0.05) is 6.08 Å². The Bertz CT molecular complexity index is 606. The molecule has 0 aliphatic rings. The molecule has 0 aliphatic heterocycles. The zero-order valence-corrected chi connectivity index (χ0v) is 12.4. The Morgan fingerprint density at radius 1 is 1.40 bits per heavy atom. The number of rotatable bonds is 7. The summed E-state index contributed by atoms with van der Waals surface area (Å²) in [6, 6.07) is 5.11. The Kier molecular flexibility index (Phi) is 5.76. The summed E-state index contributed by atoms with van der Waals surface area (Å²) in [4.78, 5) is 10.5. The van der Waals surface area contributed by atoms with Gasteiger partial charge in [-0.05, 0) is 36.6 Å². The van der Waals surface area contributed by atoms with Crippen LogP contribution in [0, 0.1) is 6.92 Å². The van der Waals surface area contributed by atoms with Crippen molar-refractivity contribution in [2.75, 3.05) is 10.5 Å². The summed E-state index contributed by atoms with van der Waals surface area (Å²) in [6.07, 6.45) is 3.85. The number of benzene rings is 1. The standard InChI is InChI=1S/C14H19NO4S/c1-3-4-9-20(18,19)15-13-10-12(6-5-11(13)2)7-8-14(16)17/h5-8,10,15H,3-4,9H2,1-2H3,(H,16,17). The van der Waals surface area contributed by atoms with E-state index in [9.17, 15) is 13.2 Å². The van der Waals surface area contributed by atoms with Crippen LogP contribution in [0.25, 0.3) is 6.08 Å². The van der Waals surface area contributed by atoms with E-state index in [1.165, 1.54) is 6.08 Å². The fourth-order valence-electron chi connectivity index (χ4n) is 1.57. The van der Waals surface area contributed by atoms with Crippen LogP contribution in [0.3, 0.4) is 0 Å². The summed E-state index contributed by atoms with van der Waals surface area (Å²) in [5.41, 5.74) is 1.90.